The molecule has 0 aromatic heterocycles. The Balaban J connectivity index is 1.93. The van der Waals surface area contributed by atoms with Gasteiger partial charge in [0.25, 0.3) is 0 Å². The van der Waals surface area contributed by atoms with Gasteiger partial charge >= 0.3 is 0 Å². The van der Waals surface area contributed by atoms with Crippen molar-refractivity contribution in [1.29, 1.82) is 0 Å². The highest BCUT2D eigenvalue weighted by molar-refractivity contribution is 9.10. The minimum absolute atomic E-state index is 0.0549. The standard InChI is InChI=1S/C13H18BrFN2O3S/c14-10-7-13(12(16)8-11(10)15)21(18,19)17-5-6-20-9-3-1-2-4-9/h7-9,17H,1-6,16H2. The lowest BCUT2D eigenvalue weighted by atomic mass is 10.3. The van der Waals surface area contributed by atoms with Crippen LogP contribution in [0.1, 0.15) is 25.7 Å². The molecule has 1 saturated carbocycles. The molecule has 0 radical (unpaired) electrons. The number of hydrogen-bond acceptors (Lipinski definition) is 4. The van der Waals surface area contributed by atoms with Crippen LogP contribution in [0.4, 0.5) is 10.1 Å². The van der Waals surface area contributed by atoms with Crippen molar-refractivity contribution in [3.63, 3.8) is 0 Å². The first kappa shape index (κ1) is 16.7. The fourth-order valence-electron chi connectivity index (χ4n) is 2.31. The molecule has 0 bridgehead atoms. The lowest BCUT2D eigenvalue weighted by Gasteiger charge is -2.13. The van der Waals surface area contributed by atoms with Gasteiger partial charge < -0.3 is 10.5 Å². The van der Waals surface area contributed by atoms with Crippen molar-refractivity contribution in [1.82, 2.24) is 4.72 Å². The fourth-order valence-corrected chi connectivity index (χ4v) is 3.96. The summed E-state index contributed by atoms with van der Waals surface area (Å²) in [7, 11) is -3.78. The molecule has 0 unspecified atom stereocenters. The Morgan fingerprint density at radius 2 is 2.05 bits per heavy atom. The van der Waals surface area contributed by atoms with E-state index in [9.17, 15) is 12.8 Å². The maximum absolute atomic E-state index is 13.3. The van der Waals surface area contributed by atoms with Gasteiger partial charge in [0.2, 0.25) is 10.0 Å². The highest BCUT2D eigenvalue weighted by Gasteiger charge is 2.20. The van der Waals surface area contributed by atoms with Crippen LogP contribution in [0.5, 0.6) is 0 Å². The van der Waals surface area contributed by atoms with Gasteiger partial charge in [-0.15, -0.1) is 0 Å². The molecule has 118 valence electrons. The highest BCUT2D eigenvalue weighted by Crippen LogP contribution is 2.26. The SMILES string of the molecule is Nc1cc(F)c(Br)cc1S(=O)(=O)NCCOC1CCCC1. The van der Waals surface area contributed by atoms with Gasteiger partial charge in [-0.1, -0.05) is 12.8 Å². The maximum atomic E-state index is 13.3. The third kappa shape index (κ3) is 4.38. The maximum Gasteiger partial charge on any atom is 0.242 e. The second-order valence-corrected chi connectivity index (χ2v) is 7.57. The summed E-state index contributed by atoms with van der Waals surface area (Å²) < 4.78 is 45.6. The van der Waals surface area contributed by atoms with E-state index in [1.54, 1.807) is 0 Å². The number of sulfonamides is 1. The number of anilines is 1. The van der Waals surface area contributed by atoms with Crippen LogP contribution in [0.2, 0.25) is 0 Å². The molecule has 3 N–H and O–H groups in total. The number of rotatable bonds is 6. The van der Waals surface area contributed by atoms with E-state index in [4.69, 9.17) is 10.5 Å². The summed E-state index contributed by atoms with van der Waals surface area (Å²) in [6, 6.07) is 2.14. The number of halogens is 2. The van der Waals surface area contributed by atoms with E-state index < -0.39 is 15.8 Å². The molecule has 1 fully saturated rings. The Kier molecular flexibility index (Phi) is 5.59. The number of nitrogens with two attached hydrogens (primary N) is 1. The van der Waals surface area contributed by atoms with E-state index in [0.717, 1.165) is 37.8 Å². The normalized spacial score (nSPS) is 16.5. The van der Waals surface area contributed by atoms with Crippen molar-refractivity contribution in [2.45, 2.75) is 36.7 Å². The Morgan fingerprint density at radius 1 is 1.38 bits per heavy atom. The van der Waals surface area contributed by atoms with Crippen LogP contribution in [0.15, 0.2) is 21.5 Å². The molecule has 1 aliphatic carbocycles. The molecule has 8 heteroatoms. The molecule has 5 nitrogen and oxygen atoms in total. The Hall–Kier alpha value is -0.700. The molecule has 0 saturated heterocycles. The van der Waals surface area contributed by atoms with Crippen LogP contribution in [-0.2, 0) is 14.8 Å². The largest absolute Gasteiger partial charge is 0.398 e. The van der Waals surface area contributed by atoms with Gasteiger partial charge in [0.05, 0.1) is 22.9 Å². The predicted octanol–water partition coefficient (Wildman–Crippen LogP) is 2.41. The summed E-state index contributed by atoms with van der Waals surface area (Å²) in [4.78, 5) is -0.142. The average Bonchev–Trinajstić information content (AvgIpc) is 2.92. The molecule has 2 rings (SSSR count). The zero-order valence-corrected chi connectivity index (χ0v) is 13.8. The molecule has 1 aromatic rings. The summed E-state index contributed by atoms with van der Waals surface area (Å²) in [5, 5.41) is 0. The van der Waals surface area contributed by atoms with E-state index in [0.29, 0.717) is 6.61 Å². The predicted molar refractivity (Wildman–Crippen MR) is 81.9 cm³/mol. The van der Waals surface area contributed by atoms with Crippen LogP contribution in [0, 0.1) is 5.82 Å². The highest BCUT2D eigenvalue weighted by atomic mass is 79.9. The molecular weight excluding hydrogens is 363 g/mol. The van der Waals surface area contributed by atoms with E-state index >= 15 is 0 Å². The zero-order chi connectivity index (χ0) is 15.5. The molecule has 0 spiro atoms. The van der Waals surface area contributed by atoms with Gasteiger partial charge in [-0.3, -0.25) is 0 Å². The van der Waals surface area contributed by atoms with Gasteiger partial charge in [0.15, 0.2) is 0 Å². The van der Waals surface area contributed by atoms with Gasteiger partial charge in [-0.05, 0) is 40.9 Å². The second-order valence-electron chi connectivity index (χ2n) is 4.98. The minimum Gasteiger partial charge on any atom is -0.398 e. The van der Waals surface area contributed by atoms with Crippen molar-refractivity contribution in [3.8, 4) is 0 Å². The Bertz CT molecular complexity index is 604. The fraction of sp³-hybridized carbons (Fsp3) is 0.538. The van der Waals surface area contributed by atoms with Crippen molar-refractivity contribution in [2.75, 3.05) is 18.9 Å². The van der Waals surface area contributed by atoms with E-state index in [1.165, 1.54) is 0 Å². The monoisotopic (exact) mass is 380 g/mol. The smallest absolute Gasteiger partial charge is 0.242 e. The van der Waals surface area contributed by atoms with Gasteiger partial charge in [-0.2, -0.15) is 0 Å². The van der Waals surface area contributed by atoms with E-state index in [2.05, 4.69) is 20.7 Å². The van der Waals surface area contributed by atoms with Crippen LogP contribution < -0.4 is 10.5 Å². The molecule has 21 heavy (non-hydrogen) atoms. The zero-order valence-electron chi connectivity index (χ0n) is 11.4. The number of ether oxygens (including phenoxy) is 1. The Labute approximate surface area is 132 Å². The van der Waals surface area contributed by atoms with Gasteiger partial charge in [0.1, 0.15) is 10.7 Å². The third-order valence-electron chi connectivity index (χ3n) is 3.39. The summed E-state index contributed by atoms with van der Waals surface area (Å²) >= 11 is 2.95. The Morgan fingerprint density at radius 3 is 2.71 bits per heavy atom. The molecule has 0 amide bonds. The first-order valence-corrected chi connectivity index (χ1v) is 9.03. The number of nitrogen functional groups attached to an aromatic ring is 1. The van der Waals surface area contributed by atoms with Gasteiger partial charge in [-0.25, -0.2) is 17.5 Å². The summed E-state index contributed by atoms with van der Waals surface area (Å²) in [6.45, 7) is 0.472. The van der Waals surface area contributed by atoms with Crippen molar-refractivity contribution in [3.05, 3.63) is 22.4 Å². The molecule has 0 atom stereocenters. The number of hydrogen-bond donors (Lipinski definition) is 2. The van der Waals surface area contributed by atoms with E-state index in [-0.39, 0.29) is 27.7 Å². The number of nitrogens with one attached hydrogen (secondary N) is 1. The average molecular weight is 381 g/mol. The topological polar surface area (TPSA) is 81.4 Å². The van der Waals surface area contributed by atoms with Crippen molar-refractivity contribution >= 4 is 31.6 Å². The molecule has 1 aliphatic rings. The minimum atomic E-state index is -3.78. The molecule has 1 aromatic carbocycles. The molecule has 0 aliphatic heterocycles. The van der Waals surface area contributed by atoms with Crippen molar-refractivity contribution < 1.29 is 17.5 Å². The molecule has 0 heterocycles. The summed E-state index contributed by atoms with van der Waals surface area (Å²) in [6.07, 6.45) is 4.63. The number of benzene rings is 1. The first-order chi connectivity index (χ1) is 9.90. The lowest BCUT2D eigenvalue weighted by molar-refractivity contribution is 0.0626. The van der Waals surface area contributed by atoms with Gasteiger partial charge in [0, 0.05) is 6.54 Å². The third-order valence-corrected chi connectivity index (χ3v) is 5.52. The first-order valence-electron chi connectivity index (χ1n) is 6.76. The second kappa shape index (κ2) is 7.04. The van der Waals surface area contributed by atoms with Crippen LogP contribution in [0.25, 0.3) is 0 Å². The summed E-state index contributed by atoms with van der Waals surface area (Å²) in [5.74, 6) is -0.601. The summed E-state index contributed by atoms with van der Waals surface area (Å²) in [5.41, 5.74) is 5.44. The van der Waals surface area contributed by atoms with E-state index in [1.807, 2.05) is 0 Å². The van der Waals surface area contributed by atoms with Crippen LogP contribution >= 0.6 is 15.9 Å². The quantitative estimate of drug-likeness (QED) is 0.586. The van der Waals surface area contributed by atoms with Crippen LogP contribution in [0.3, 0.4) is 0 Å². The molecular formula is C13H18BrFN2O3S. The lowest BCUT2D eigenvalue weighted by Crippen LogP contribution is -2.29. The van der Waals surface area contributed by atoms with Crippen molar-refractivity contribution in [2.24, 2.45) is 0 Å². The van der Waals surface area contributed by atoms with Crippen LogP contribution in [-0.4, -0.2) is 27.7 Å².